The average Bonchev–Trinajstić information content (AvgIpc) is 3.19. The van der Waals surface area contributed by atoms with Crippen LogP contribution in [-0.4, -0.2) is 34.7 Å². The first-order valence-electron chi connectivity index (χ1n) is 8.62. The van der Waals surface area contributed by atoms with Crippen molar-refractivity contribution in [1.82, 2.24) is 4.90 Å². The standard InChI is InChI=1S/C20H18BrNO5S/c1-4-26-19(24)12(3)22-18(23)17(28-20(22)25)10-13-6-8-16(27-13)14-7-5-11(2)9-15(14)21/h5-10,12H,4H2,1-3H3/b17-10+/t12-/m1/s1. The molecule has 2 heterocycles. The predicted molar refractivity (Wildman–Crippen MR) is 110 cm³/mol. The van der Waals surface area contributed by atoms with Crippen LogP contribution in [0.25, 0.3) is 17.4 Å². The molecule has 1 aromatic heterocycles. The Hall–Kier alpha value is -2.32. The van der Waals surface area contributed by atoms with Crippen LogP contribution in [0.4, 0.5) is 4.79 Å². The molecule has 146 valence electrons. The number of amides is 2. The van der Waals surface area contributed by atoms with Crippen LogP contribution in [-0.2, 0) is 14.3 Å². The second-order valence-electron chi connectivity index (χ2n) is 6.17. The highest BCUT2D eigenvalue weighted by molar-refractivity contribution is 9.10. The van der Waals surface area contributed by atoms with E-state index in [0.29, 0.717) is 11.5 Å². The number of rotatable bonds is 5. The Kier molecular flexibility index (Phi) is 6.10. The summed E-state index contributed by atoms with van der Waals surface area (Å²) >= 11 is 4.29. The van der Waals surface area contributed by atoms with E-state index < -0.39 is 23.2 Å². The van der Waals surface area contributed by atoms with Crippen molar-refractivity contribution in [3.05, 3.63) is 51.0 Å². The van der Waals surface area contributed by atoms with Crippen LogP contribution in [0.5, 0.6) is 0 Å². The lowest BCUT2D eigenvalue weighted by atomic mass is 10.1. The molecule has 3 rings (SSSR count). The Bertz CT molecular complexity index is 981. The third-order valence-corrected chi connectivity index (χ3v) is 5.67. The number of carbonyl (C=O) groups excluding carboxylic acids is 3. The summed E-state index contributed by atoms with van der Waals surface area (Å²) in [5.41, 5.74) is 2.00. The molecule has 28 heavy (non-hydrogen) atoms. The Morgan fingerprint density at radius 2 is 2.07 bits per heavy atom. The second kappa shape index (κ2) is 8.36. The number of benzene rings is 1. The number of halogens is 1. The minimum absolute atomic E-state index is 0.180. The van der Waals surface area contributed by atoms with Gasteiger partial charge in [-0.3, -0.25) is 14.5 Å². The van der Waals surface area contributed by atoms with Crippen molar-refractivity contribution >= 4 is 50.9 Å². The van der Waals surface area contributed by atoms with Crippen LogP contribution in [0.2, 0.25) is 0 Å². The summed E-state index contributed by atoms with van der Waals surface area (Å²) in [4.78, 5) is 37.8. The maximum absolute atomic E-state index is 12.6. The second-order valence-corrected chi connectivity index (χ2v) is 8.01. The van der Waals surface area contributed by atoms with Crippen molar-refractivity contribution in [2.75, 3.05) is 6.61 Å². The highest BCUT2D eigenvalue weighted by atomic mass is 79.9. The molecule has 2 amide bonds. The molecule has 1 aromatic carbocycles. The number of furan rings is 1. The van der Waals surface area contributed by atoms with Gasteiger partial charge in [-0.15, -0.1) is 0 Å². The fourth-order valence-electron chi connectivity index (χ4n) is 2.71. The van der Waals surface area contributed by atoms with Gasteiger partial charge in [0.1, 0.15) is 17.6 Å². The molecular weight excluding hydrogens is 446 g/mol. The number of carbonyl (C=O) groups is 3. The molecular formula is C20H18BrNO5S. The number of ether oxygens (including phenoxy) is 1. The van der Waals surface area contributed by atoms with Crippen LogP contribution in [0.1, 0.15) is 25.2 Å². The van der Waals surface area contributed by atoms with Gasteiger partial charge in [0.05, 0.1) is 11.5 Å². The van der Waals surface area contributed by atoms with E-state index in [9.17, 15) is 14.4 Å². The van der Waals surface area contributed by atoms with E-state index >= 15 is 0 Å². The van der Waals surface area contributed by atoms with Gasteiger partial charge >= 0.3 is 5.97 Å². The molecule has 2 aromatic rings. The van der Waals surface area contributed by atoms with Gasteiger partial charge in [-0.2, -0.15) is 0 Å². The molecule has 0 unspecified atom stereocenters. The van der Waals surface area contributed by atoms with E-state index in [0.717, 1.165) is 32.3 Å². The van der Waals surface area contributed by atoms with Crippen LogP contribution < -0.4 is 0 Å². The molecule has 1 aliphatic heterocycles. The van der Waals surface area contributed by atoms with Crippen molar-refractivity contribution in [3.8, 4) is 11.3 Å². The Labute approximate surface area is 175 Å². The highest BCUT2D eigenvalue weighted by Crippen LogP contribution is 2.35. The highest BCUT2D eigenvalue weighted by Gasteiger charge is 2.41. The van der Waals surface area contributed by atoms with Gasteiger partial charge in [0.25, 0.3) is 11.1 Å². The smallest absolute Gasteiger partial charge is 0.329 e. The first-order chi connectivity index (χ1) is 13.3. The lowest BCUT2D eigenvalue weighted by Gasteiger charge is -2.19. The van der Waals surface area contributed by atoms with E-state index in [2.05, 4.69) is 15.9 Å². The van der Waals surface area contributed by atoms with Gasteiger partial charge in [0.15, 0.2) is 0 Å². The summed E-state index contributed by atoms with van der Waals surface area (Å²) in [6, 6.07) is 8.45. The maximum Gasteiger partial charge on any atom is 0.329 e. The number of esters is 1. The van der Waals surface area contributed by atoms with Crippen LogP contribution in [0.15, 0.2) is 44.1 Å². The van der Waals surface area contributed by atoms with Gasteiger partial charge in [-0.25, -0.2) is 4.79 Å². The molecule has 1 fully saturated rings. The third-order valence-electron chi connectivity index (χ3n) is 4.13. The first-order valence-corrected chi connectivity index (χ1v) is 10.2. The average molecular weight is 464 g/mol. The summed E-state index contributed by atoms with van der Waals surface area (Å²) < 4.78 is 11.6. The van der Waals surface area contributed by atoms with E-state index in [4.69, 9.17) is 9.15 Å². The molecule has 0 radical (unpaired) electrons. The number of aryl methyl sites for hydroxylation is 1. The number of hydrogen-bond donors (Lipinski definition) is 0. The summed E-state index contributed by atoms with van der Waals surface area (Å²) in [6.45, 7) is 5.31. The molecule has 8 heteroatoms. The van der Waals surface area contributed by atoms with Crippen molar-refractivity contribution < 1.29 is 23.5 Å². The van der Waals surface area contributed by atoms with E-state index in [1.807, 2.05) is 25.1 Å². The molecule has 6 nitrogen and oxygen atoms in total. The van der Waals surface area contributed by atoms with Crippen LogP contribution in [0, 0.1) is 6.92 Å². The summed E-state index contributed by atoms with van der Waals surface area (Å²) in [5, 5.41) is -0.509. The fourth-order valence-corrected chi connectivity index (χ4v) is 4.28. The van der Waals surface area contributed by atoms with E-state index in [-0.39, 0.29) is 11.5 Å². The quantitative estimate of drug-likeness (QED) is 0.458. The Morgan fingerprint density at radius 3 is 2.75 bits per heavy atom. The molecule has 1 aliphatic rings. The predicted octanol–water partition coefficient (Wildman–Crippen LogP) is 5.01. The molecule has 0 aliphatic carbocycles. The molecule has 1 atom stereocenters. The number of thioether (sulfide) groups is 1. The van der Waals surface area contributed by atoms with Crippen molar-refractivity contribution in [3.63, 3.8) is 0 Å². The Balaban J connectivity index is 1.83. The molecule has 1 saturated heterocycles. The zero-order chi connectivity index (χ0) is 20.4. The number of imide groups is 1. The fraction of sp³-hybridized carbons (Fsp3) is 0.250. The maximum atomic E-state index is 12.6. The SMILES string of the molecule is CCOC(=O)[C@@H](C)N1C(=O)S/C(=C/c2ccc(-c3ccc(C)cc3Br)o2)C1=O. The van der Waals surface area contributed by atoms with Crippen molar-refractivity contribution in [2.24, 2.45) is 0 Å². The van der Waals surface area contributed by atoms with Gasteiger partial charge < -0.3 is 9.15 Å². The summed E-state index contributed by atoms with van der Waals surface area (Å²) in [5.74, 6) is -0.0745. The number of hydrogen-bond acceptors (Lipinski definition) is 6. The van der Waals surface area contributed by atoms with Gasteiger partial charge in [0.2, 0.25) is 0 Å². The monoisotopic (exact) mass is 463 g/mol. The van der Waals surface area contributed by atoms with E-state index in [1.54, 1.807) is 19.1 Å². The number of nitrogens with zero attached hydrogens (tertiary/aromatic N) is 1. The third kappa shape index (κ3) is 4.07. The largest absolute Gasteiger partial charge is 0.464 e. The summed E-state index contributed by atoms with van der Waals surface area (Å²) in [7, 11) is 0. The summed E-state index contributed by atoms with van der Waals surface area (Å²) in [6.07, 6.45) is 1.51. The normalized spacial score (nSPS) is 16.7. The van der Waals surface area contributed by atoms with E-state index in [1.165, 1.54) is 13.0 Å². The molecule has 0 saturated carbocycles. The topological polar surface area (TPSA) is 76.8 Å². The first kappa shape index (κ1) is 20.4. The molecule has 0 spiro atoms. The van der Waals surface area contributed by atoms with Gasteiger partial charge in [0, 0.05) is 16.1 Å². The van der Waals surface area contributed by atoms with Gasteiger partial charge in [-0.05, 0) is 62.4 Å². The lowest BCUT2D eigenvalue weighted by Crippen LogP contribution is -2.42. The molecule has 0 bridgehead atoms. The lowest BCUT2D eigenvalue weighted by molar-refractivity contribution is -0.150. The van der Waals surface area contributed by atoms with Gasteiger partial charge in [-0.1, -0.05) is 22.0 Å². The zero-order valence-corrected chi connectivity index (χ0v) is 17.9. The Morgan fingerprint density at radius 1 is 1.32 bits per heavy atom. The van der Waals surface area contributed by atoms with Crippen molar-refractivity contribution in [2.45, 2.75) is 26.8 Å². The van der Waals surface area contributed by atoms with Crippen LogP contribution in [0.3, 0.4) is 0 Å². The van der Waals surface area contributed by atoms with Crippen molar-refractivity contribution in [1.29, 1.82) is 0 Å². The van der Waals surface area contributed by atoms with Crippen LogP contribution >= 0.6 is 27.7 Å². The minimum atomic E-state index is -0.978. The molecule has 0 N–H and O–H groups in total. The zero-order valence-electron chi connectivity index (χ0n) is 15.5. The minimum Gasteiger partial charge on any atom is -0.464 e.